The summed E-state index contributed by atoms with van der Waals surface area (Å²) in [6.45, 7) is 5.05. The molecule has 1 unspecified atom stereocenters. The van der Waals surface area contributed by atoms with Crippen LogP contribution in [0, 0.1) is 11.3 Å². The molecular weight excluding hydrogens is 538 g/mol. The molecule has 2 aromatic rings. The zero-order valence-electron chi connectivity index (χ0n) is 22.5. The fraction of sp³-hybridized carbons (Fsp3) is 0.429. The molecule has 2 aromatic carbocycles. The number of hydrogen-bond acceptors (Lipinski definition) is 9. The van der Waals surface area contributed by atoms with Gasteiger partial charge in [0.1, 0.15) is 23.3 Å². The van der Waals surface area contributed by atoms with E-state index in [4.69, 9.17) is 25.8 Å². The summed E-state index contributed by atoms with van der Waals surface area (Å²) >= 11 is 6.29. The molecule has 0 aromatic heterocycles. The molecule has 0 saturated carbocycles. The highest BCUT2D eigenvalue weighted by atomic mass is 35.5. The Morgan fingerprint density at radius 3 is 2.67 bits per heavy atom. The molecule has 1 aliphatic heterocycles. The van der Waals surface area contributed by atoms with Crippen LogP contribution in [0.4, 0.5) is 0 Å². The maximum atomic E-state index is 12.2. The molecule has 40 heavy (non-hydrogen) atoms. The van der Waals surface area contributed by atoms with Gasteiger partial charge in [0.2, 0.25) is 5.91 Å². The van der Waals surface area contributed by atoms with E-state index in [9.17, 15) is 20.0 Å². The van der Waals surface area contributed by atoms with E-state index in [1.807, 2.05) is 13.8 Å². The minimum Gasteiger partial charge on any atom is -0.492 e. The van der Waals surface area contributed by atoms with Gasteiger partial charge >= 0.3 is 0 Å². The van der Waals surface area contributed by atoms with Crippen LogP contribution in [0.1, 0.15) is 50.7 Å². The average molecular weight is 572 g/mol. The fourth-order valence-electron chi connectivity index (χ4n) is 3.66. The molecule has 4 N–H and O–H groups in total. The fourth-order valence-corrected chi connectivity index (χ4v) is 3.90. The van der Waals surface area contributed by atoms with Crippen molar-refractivity contribution in [2.45, 2.75) is 51.9 Å². The Morgan fingerprint density at radius 1 is 1.18 bits per heavy atom. The van der Waals surface area contributed by atoms with Crippen LogP contribution in [-0.2, 0) is 9.59 Å². The van der Waals surface area contributed by atoms with Crippen molar-refractivity contribution in [3.8, 4) is 23.3 Å². The SMILES string of the molecule is CC(C)NCCC(O)Oc1ccc(OCCCNC(=O)COc2ccc(C3=NNC(=O)CC3)cc2Cl)c(C#N)c1. The van der Waals surface area contributed by atoms with Crippen molar-refractivity contribution in [3.05, 3.63) is 52.5 Å². The number of nitriles is 1. The summed E-state index contributed by atoms with van der Waals surface area (Å²) in [7, 11) is 0. The van der Waals surface area contributed by atoms with Gasteiger partial charge in [0.15, 0.2) is 12.9 Å². The Labute approximate surface area is 238 Å². The molecule has 0 radical (unpaired) electrons. The third-order valence-electron chi connectivity index (χ3n) is 5.72. The second-order valence-corrected chi connectivity index (χ2v) is 9.73. The lowest BCUT2D eigenvalue weighted by atomic mass is 10.0. The van der Waals surface area contributed by atoms with Crippen molar-refractivity contribution in [3.63, 3.8) is 0 Å². The second kappa shape index (κ2) is 15.7. The van der Waals surface area contributed by atoms with Crippen molar-refractivity contribution < 1.29 is 28.9 Å². The lowest BCUT2D eigenvalue weighted by Crippen LogP contribution is -2.30. The number of benzene rings is 2. The van der Waals surface area contributed by atoms with Crippen molar-refractivity contribution in [2.24, 2.45) is 5.10 Å². The van der Waals surface area contributed by atoms with Gasteiger partial charge in [-0.15, -0.1) is 0 Å². The van der Waals surface area contributed by atoms with Gasteiger partial charge in [-0.05, 0) is 42.3 Å². The number of rotatable bonds is 15. The van der Waals surface area contributed by atoms with Crippen LogP contribution in [-0.4, -0.2) is 61.3 Å². The zero-order chi connectivity index (χ0) is 28.9. The minimum absolute atomic E-state index is 0.124. The Kier molecular flexibility index (Phi) is 12.0. The molecule has 0 saturated heterocycles. The van der Waals surface area contributed by atoms with Crippen molar-refractivity contribution >= 4 is 29.1 Å². The van der Waals surface area contributed by atoms with Gasteiger partial charge in [-0.1, -0.05) is 25.4 Å². The number of nitrogens with one attached hydrogen (secondary N) is 3. The molecule has 1 atom stereocenters. The monoisotopic (exact) mass is 571 g/mol. The lowest BCUT2D eigenvalue weighted by molar-refractivity contribution is -0.123. The van der Waals surface area contributed by atoms with Crippen LogP contribution >= 0.6 is 11.6 Å². The van der Waals surface area contributed by atoms with Crippen molar-refractivity contribution in [1.82, 2.24) is 16.1 Å². The summed E-state index contributed by atoms with van der Waals surface area (Å²) in [4.78, 5) is 23.4. The third-order valence-corrected chi connectivity index (χ3v) is 6.01. The number of aliphatic hydroxyl groups excluding tert-OH is 1. The molecule has 214 valence electrons. The molecule has 3 rings (SSSR count). The predicted molar refractivity (Wildman–Crippen MR) is 150 cm³/mol. The van der Waals surface area contributed by atoms with E-state index in [-0.39, 0.29) is 30.6 Å². The van der Waals surface area contributed by atoms with E-state index in [1.54, 1.807) is 30.3 Å². The molecular formula is C28H34ClN5O6. The van der Waals surface area contributed by atoms with Gasteiger partial charge in [-0.3, -0.25) is 9.59 Å². The van der Waals surface area contributed by atoms with E-state index in [0.29, 0.717) is 67.1 Å². The summed E-state index contributed by atoms with van der Waals surface area (Å²) in [5.41, 5.74) is 4.23. The summed E-state index contributed by atoms with van der Waals surface area (Å²) in [6, 6.07) is 12.3. The summed E-state index contributed by atoms with van der Waals surface area (Å²) in [5.74, 6) is 0.683. The Hall–Kier alpha value is -3.85. The van der Waals surface area contributed by atoms with Gasteiger partial charge in [0, 0.05) is 44.5 Å². The van der Waals surface area contributed by atoms with E-state index < -0.39 is 6.29 Å². The maximum absolute atomic E-state index is 12.2. The Bertz CT molecular complexity index is 1250. The number of hydrazone groups is 1. The first-order valence-corrected chi connectivity index (χ1v) is 13.4. The van der Waals surface area contributed by atoms with Crippen LogP contribution in [0.5, 0.6) is 17.2 Å². The number of halogens is 1. The molecule has 1 heterocycles. The maximum Gasteiger partial charge on any atom is 0.257 e. The molecule has 0 bridgehead atoms. The second-order valence-electron chi connectivity index (χ2n) is 9.32. The molecule has 0 aliphatic carbocycles. The first kappa shape index (κ1) is 30.7. The van der Waals surface area contributed by atoms with Gasteiger partial charge in [0.05, 0.1) is 22.9 Å². The van der Waals surface area contributed by atoms with Crippen molar-refractivity contribution in [2.75, 3.05) is 26.3 Å². The highest BCUT2D eigenvalue weighted by Gasteiger charge is 2.15. The van der Waals surface area contributed by atoms with Gasteiger partial charge < -0.3 is 30.0 Å². The third kappa shape index (κ3) is 10.0. The van der Waals surface area contributed by atoms with Crippen LogP contribution in [0.25, 0.3) is 0 Å². The average Bonchev–Trinajstić information content (AvgIpc) is 2.93. The van der Waals surface area contributed by atoms with Crippen LogP contribution in [0.15, 0.2) is 41.5 Å². The molecule has 0 spiro atoms. The normalized spacial score (nSPS) is 13.6. The van der Waals surface area contributed by atoms with Crippen molar-refractivity contribution in [1.29, 1.82) is 5.26 Å². The van der Waals surface area contributed by atoms with Crippen LogP contribution in [0.3, 0.4) is 0 Å². The number of amides is 2. The summed E-state index contributed by atoms with van der Waals surface area (Å²) < 4.78 is 16.7. The van der Waals surface area contributed by atoms with Crippen LogP contribution in [0.2, 0.25) is 5.02 Å². The van der Waals surface area contributed by atoms with Gasteiger partial charge in [0.25, 0.3) is 5.91 Å². The molecule has 12 heteroatoms. The summed E-state index contributed by atoms with van der Waals surface area (Å²) in [5, 5.41) is 29.8. The predicted octanol–water partition coefficient (Wildman–Crippen LogP) is 2.88. The number of ether oxygens (including phenoxy) is 3. The van der Waals surface area contributed by atoms with Crippen LogP contribution < -0.4 is 30.3 Å². The van der Waals surface area contributed by atoms with Gasteiger partial charge in [-0.25, -0.2) is 5.43 Å². The number of hydrogen-bond donors (Lipinski definition) is 4. The lowest BCUT2D eigenvalue weighted by Gasteiger charge is -2.16. The largest absolute Gasteiger partial charge is 0.492 e. The first-order valence-electron chi connectivity index (χ1n) is 13.0. The molecule has 1 aliphatic rings. The minimum atomic E-state index is -0.991. The number of carbonyl (C=O) groups is 2. The van der Waals surface area contributed by atoms with E-state index in [0.717, 1.165) is 11.3 Å². The zero-order valence-corrected chi connectivity index (χ0v) is 23.3. The van der Waals surface area contributed by atoms with E-state index in [1.165, 1.54) is 6.07 Å². The number of carbonyl (C=O) groups excluding carboxylic acids is 2. The standard InChI is InChI=1S/C28H34ClN5O6/c1-18(2)31-12-10-28(37)40-21-5-8-24(20(14-21)16-30)38-13-3-11-32-27(36)17-39-25-7-4-19(15-22(25)29)23-6-9-26(35)34-33-23/h4-5,7-8,14-15,18,28,31,37H,3,6,9-13,17H2,1-2H3,(H,32,36)(H,34,35). The smallest absolute Gasteiger partial charge is 0.257 e. The number of nitrogens with zero attached hydrogens (tertiary/aromatic N) is 2. The summed E-state index contributed by atoms with van der Waals surface area (Å²) in [6.07, 6.45) is 0.807. The Balaban J connectivity index is 1.36. The van der Waals surface area contributed by atoms with Gasteiger partial charge in [-0.2, -0.15) is 10.4 Å². The first-order chi connectivity index (χ1) is 19.2. The molecule has 11 nitrogen and oxygen atoms in total. The highest BCUT2D eigenvalue weighted by molar-refractivity contribution is 6.32. The highest BCUT2D eigenvalue weighted by Crippen LogP contribution is 2.27. The Morgan fingerprint density at radius 2 is 1.98 bits per heavy atom. The quantitative estimate of drug-likeness (QED) is 0.188. The molecule has 0 fully saturated rings. The number of aliphatic hydroxyl groups is 1. The topological polar surface area (TPSA) is 154 Å². The van der Waals surface area contributed by atoms with E-state index in [2.05, 4.69) is 27.2 Å². The molecule has 2 amide bonds. The van der Waals surface area contributed by atoms with E-state index >= 15 is 0 Å².